The average Bonchev–Trinajstić information content (AvgIpc) is 2.90. The summed E-state index contributed by atoms with van der Waals surface area (Å²) in [7, 11) is 0. The van der Waals surface area contributed by atoms with Crippen molar-refractivity contribution in [3.8, 4) is 11.5 Å². The molecule has 0 bridgehead atoms. The zero-order valence-corrected chi connectivity index (χ0v) is 24.6. The lowest BCUT2D eigenvalue weighted by Crippen LogP contribution is -2.38. The van der Waals surface area contributed by atoms with Gasteiger partial charge in [-0.3, -0.25) is 19.2 Å². The Morgan fingerprint density at radius 2 is 1.43 bits per heavy atom. The highest BCUT2D eigenvalue weighted by Gasteiger charge is 2.31. The summed E-state index contributed by atoms with van der Waals surface area (Å²) >= 11 is 0. The molecule has 2 rings (SSSR count). The molecule has 1 fully saturated rings. The first-order valence-corrected chi connectivity index (χ1v) is 14.6. The molecular formula is C31H47NO8. The molecule has 0 heterocycles. The summed E-state index contributed by atoms with van der Waals surface area (Å²) in [6.45, 7) is 9.72. The molecule has 1 aromatic carbocycles. The summed E-state index contributed by atoms with van der Waals surface area (Å²) in [6, 6.07) is 3.30. The first-order chi connectivity index (χ1) is 18.9. The van der Waals surface area contributed by atoms with Crippen LogP contribution in [0.25, 0.3) is 0 Å². The van der Waals surface area contributed by atoms with Crippen LogP contribution < -0.4 is 15.2 Å². The van der Waals surface area contributed by atoms with Crippen LogP contribution in [-0.4, -0.2) is 41.1 Å². The number of hydrogen-bond donors (Lipinski definition) is 2. The fourth-order valence-electron chi connectivity index (χ4n) is 4.78. The summed E-state index contributed by atoms with van der Waals surface area (Å²) in [5.74, 6) is -2.60. The van der Waals surface area contributed by atoms with E-state index < -0.39 is 36.0 Å². The fraction of sp³-hybridized carbons (Fsp3) is 0.677. The van der Waals surface area contributed by atoms with Crippen molar-refractivity contribution in [1.29, 1.82) is 0 Å². The van der Waals surface area contributed by atoms with Gasteiger partial charge in [-0.25, -0.2) is 0 Å². The second-order valence-corrected chi connectivity index (χ2v) is 11.8. The summed E-state index contributed by atoms with van der Waals surface area (Å²) in [6.07, 6.45) is 5.91. The SMILES string of the molecule is CC(C)CCC(=O)Oc1ccc(C(CC(C)OC(=O)C2CCCCC2)[C@H](N)C(=O)O)cc1OC(=O)CCC(C)C. The lowest BCUT2D eigenvalue weighted by atomic mass is 9.86. The van der Waals surface area contributed by atoms with Gasteiger partial charge in [0.25, 0.3) is 0 Å². The largest absolute Gasteiger partial charge is 0.480 e. The van der Waals surface area contributed by atoms with E-state index in [-0.39, 0.29) is 42.6 Å². The maximum Gasteiger partial charge on any atom is 0.321 e. The van der Waals surface area contributed by atoms with Gasteiger partial charge in [0, 0.05) is 18.8 Å². The van der Waals surface area contributed by atoms with Crippen LogP contribution in [0.15, 0.2) is 18.2 Å². The van der Waals surface area contributed by atoms with Gasteiger partial charge in [0.05, 0.1) is 12.0 Å². The van der Waals surface area contributed by atoms with Crippen LogP contribution in [0, 0.1) is 17.8 Å². The molecule has 1 aliphatic carbocycles. The van der Waals surface area contributed by atoms with E-state index in [0.717, 1.165) is 32.1 Å². The van der Waals surface area contributed by atoms with Gasteiger partial charge in [-0.15, -0.1) is 0 Å². The van der Waals surface area contributed by atoms with E-state index in [0.29, 0.717) is 30.2 Å². The quantitative estimate of drug-likeness (QED) is 0.202. The molecule has 0 amide bonds. The van der Waals surface area contributed by atoms with Crippen molar-refractivity contribution in [2.45, 2.75) is 117 Å². The normalized spacial score (nSPS) is 16.3. The molecule has 0 aromatic heterocycles. The number of benzene rings is 1. The number of carbonyl (C=O) groups excluding carboxylic acids is 3. The van der Waals surface area contributed by atoms with E-state index in [4.69, 9.17) is 19.9 Å². The summed E-state index contributed by atoms with van der Waals surface area (Å²) in [4.78, 5) is 49.7. The summed E-state index contributed by atoms with van der Waals surface area (Å²) in [5.41, 5.74) is 6.58. The molecule has 3 N–H and O–H groups in total. The monoisotopic (exact) mass is 561 g/mol. The maximum absolute atomic E-state index is 12.7. The minimum absolute atomic E-state index is 0.0265. The number of ether oxygens (including phenoxy) is 3. The molecule has 1 saturated carbocycles. The van der Waals surface area contributed by atoms with E-state index in [1.807, 2.05) is 27.7 Å². The highest BCUT2D eigenvalue weighted by Crippen LogP contribution is 2.35. The third kappa shape index (κ3) is 11.3. The topological polar surface area (TPSA) is 142 Å². The Morgan fingerprint density at radius 1 is 0.875 bits per heavy atom. The Labute approximate surface area is 238 Å². The van der Waals surface area contributed by atoms with Crippen molar-refractivity contribution in [2.24, 2.45) is 23.5 Å². The number of carbonyl (C=O) groups is 4. The molecule has 9 nitrogen and oxygen atoms in total. The van der Waals surface area contributed by atoms with Gasteiger partial charge < -0.3 is 25.1 Å². The molecule has 3 atom stereocenters. The Morgan fingerprint density at radius 3 is 1.95 bits per heavy atom. The fourth-order valence-corrected chi connectivity index (χ4v) is 4.78. The Bertz CT molecular complexity index is 999. The van der Waals surface area contributed by atoms with E-state index in [9.17, 15) is 24.3 Å². The molecular weight excluding hydrogens is 514 g/mol. The van der Waals surface area contributed by atoms with Crippen molar-refractivity contribution < 1.29 is 38.5 Å². The molecule has 2 unspecified atom stereocenters. The predicted molar refractivity (Wildman–Crippen MR) is 151 cm³/mol. The first kappa shape index (κ1) is 33.3. The van der Waals surface area contributed by atoms with Crippen molar-refractivity contribution in [3.63, 3.8) is 0 Å². The van der Waals surface area contributed by atoms with Gasteiger partial charge in [0.15, 0.2) is 11.5 Å². The van der Waals surface area contributed by atoms with Gasteiger partial charge >= 0.3 is 23.9 Å². The van der Waals surface area contributed by atoms with Gasteiger partial charge in [-0.1, -0.05) is 53.0 Å². The van der Waals surface area contributed by atoms with E-state index >= 15 is 0 Å². The van der Waals surface area contributed by atoms with E-state index in [1.54, 1.807) is 13.0 Å². The van der Waals surface area contributed by atoms with Gasteiger partial charge in [-0.2, -0.15) is 0 Å². The molecule has 40 heavy (non-hydrogen) atoms. The highest BCUT2D eigenvalue weighted by atomic mass is 16.6. The summed E-state index contributed by atoms with van der Waals surface area (Å²) < 4.78 is 16.8. The van der Waals surface area contributed by atoms with Gasteiger partial charge in [-0.05, 0) is 68.6 Å². The Hall–Kier alpha value is -2.94. The van der Waals surface area contributed by atoms with E-state index in [2.05, 4.69) is 0 Å². The van der Waals surface area contributed by atoms with Crippen LogP contribution in [0.5, 0.6) is 11.5 Å². The Balaban J connectivity index is 2.30. The summed E-state index contributed by atoms with van der Waals surface area (Å²) in [5, 5.41) is 9.74. The average molecular weight is 562 g/mol. The van der Waals surface area contributed by atoms with Crippen LogP contribution in [-0.2, 0) is 23.9 Å². The predicted octanol–water partition coefficient (Wildman–Crippen LogP) is 5.77. The second kappa shape index (κ2) is 16.4. The van der Waals surface area contributed by atoms with E-state index in [1.165, 1.54) is 12.1 Å². The number of rotatable bonds is 15. The van der Waals surface area contributed by atoms with Crippen LogP contribution in [0.1, 0.15) is 110 Å². The van der Waals surface area contributed by atoms with Crippen molar-refractivity contribution >= 4 is 23.9 Å². The molecule has 9 heteroatoms. The van der Waals surface area contributed by atoms with Gasteiger partial charge in [0.1, 0.15) is 6.04 Å². The van der Waals surface area contributed by atoms with Crippen LogP contribution in [0.4, 0.5) is 0 Å². The van der Waals surface area contributed by atoms with Crippen LogP contribution in [0.3, 0.4) is 0 Å². The molecule has 1 aliphatic rings. The van der Waals surface area contributed by atoms with Crippen LogP contribution in [0.2, 0.25) is 0 Å². The molecule has 0 saturated heterocycles. The number of hydrogen-bond acceptors (Lipinski definition) is 8. The van der Waals surface area contributed by atoms with Crippen molar-refractivity contribution in [3.05, 3.63) is 23.8 Å². The Kier molecular flexibility index (Phi) is 13.6. The molecule has 224 valence electrons. The lowest BCUT2D eigenvalue weighted by Gasteiger charge is -2.27. The zero-order chi connectivity index (χ0) is 29.8. The van der Waals surface area contributed by atoms with Crippen LogP contribution >= 0.6 is 0 Å². The van der Waals surface area contributed by atoms with Gasteiger partial charge in [0.2, 0.25) is 0 Å². The lowest BCUT2D eigenvalue weighted by molar-refractivity contribution is -0.155. The zero-order valence-electron chi connectivity index (χ0n) is 24.6. The first-order valence-electron chi connectivity index (χ1n) is 14.6. The number of carboxylic acids is 1. The number of esters is 3. The van der Waals surface area contributed by atoms with Crippen molar-refractivity contribution in [1.82, 2.24) is 0 Å². The number of nitrogens with two attached hydrogens (primary N) is 1. The molecule has 1 aromatic rings. The highest BCUT2D eigenvalue weighted by molar-refractivity contribution is 5.77. The maximum atomic E-state index is 12.7. The standard InChI is InChI=1S/C31H47NO8/c1-19(2)11-15-27(33)39-25-14-13-23(18-26(25)40-28(34)16-12-20(3)4)24(29(32)30(35)36)17-21(5)38-31(37)22-9-7-6-8-10-22/h13-14,18-22,24,29H,6-12,15-17,32H2,1-5H3,(H,35,36)/t21?,24?,29-/m0/s1. The number of aliphatic carboxylic acids is 1. The van der Waals surface area contributed by atoms with Crippen molar-refractivity contribution in [2.75, 3.05) is 0 Å². The third-order valence-electron chi connectivity index (χ3n) is 7.26. The third-order valence-corrected chi connectivity index (χ3v) is 7.26. The second-order valence-electron chi connectivity index (χ2n) is 11.8. The smallest absolute Gasteiger partial charge is 0.321 e. The minimum atomic E-state index is -1.31. The molecule has 0 aliphatic heterocycles. The molecule has 0 radical (unpaired) electrons. The number of carboxylic acid groups (broad SMARTS) is 1. The minimum Gasteiger partial charge on any atom is -0.480 e. The molecule has 0 spiro atoms.